The molecule has 0 spiro atoms. The van der Waals surface area contributed by atoms with E-state index in [1.807, 2.05) is 13.8 Å². The number of rotatable bonds is 2. The Balaban J connectivity index is 2.13. The van der Waals surface area contributed by atoms with Gasteiger partial charge in [-0.25, -0.2) is 0 Å². The van der Waals surface area contributed by atoms with Crippen molar-refractivity contribution in [2.45, 2.75) is 44.4 Å². The largest absolute Gasteiger partial charge is 0.485 e. The monoisotopic (exact) mass is 307 g/mol. The number of hydrogen-bond acceptors (Lipinski definition) is 6. The number of nitrogens with zero attached hydrogens (tertiary/aromatic N) is 2. The predicted octanol–water partition coefficient (Wildman–Crippen LogP) is 1.85. The fraction of sp³-hybridized carbons (Fsp3) is 0.600. The van der Waals surface area contributed by atoms with Crippen LogP contribution < -0.4 is 10.5 Å². The highest BCUT2D eigenvalue weighted by Crippen LogP contribution is 2.46. The van der Waals surface area contributed by atoms with Gasteiger partial charge >= 0.3 is 0 Å². The van der Waals surface area contributed by atoms with Gasteiger partial charge in [-0.3, -0.25) is 15.0 Å². The number of nitro groups is 1. The Morgan fingerprint density at radius 1 is 1.41 bits per heavy atom. The van der Waals surface area contributed by atoms with Crippen molar-refractivity contribution in [2.24, 2.45) is 0 Å². The lowest BCUT2D eigenvalue weighted by Gasteiger charge is -2.45. The van der Waals surface area contributed by atoms with E-state index in [1.165, 1.54) is 12.1 Å². The number of hydrogen-bond donors (Lipinski definition) is 2. The summed E-state index contributed by atoms with van der Waals surface area (Å²) >= 11 is 0. The molecule has 7 nitrogen and oxygen atoms in total. The first-order valence-electron chi connectivity index (χ1n) is 7.50. The molecule has 0 aromatic heterocycles. The second-order valence-corrected chi connectivity index (χ2v) is 6.54. The van der Waals surface area contributed by atoms with E-state index >= 15 is 0 Å². The van der Waals surface area contributed by atoms with Gasteiger partial charge in [0.25, 0.3) is 5.69 Å². The van der Waals surface area contributed by atoms with Crippen molar-refractivity contribution < 1.29 is 14.8 Å². The Bertz CT molecular complexity index is 611. The van der Waals surface area contributed by atoms with E-state index in [-0.39, 0.29) is 17.4 Å². The highest BCUT2D eigenvalue weighted by Gasteiger charge is 2.46. The molecule has 0 amide bonds. The van der Waals surface area contributed by atoms with E-state index in [2.05, 4.69) is 4.90 Å². The third kappa shape index (κ3) is 2.30. The first-order chi connectivity index (χ1) is 10.3. The van der Waals surface area contributed by atoms with E-state index in [0.717, 1.165) is 25.9 Å². The van der Waals surface area contributed by atoms with Crippen molar-refractivity contribution in [2.75, 3.05) is 18.8 Å². The molecule has 1 saturated heterocycles. The van der Waals surface area contributed by atoms with Gasteiger partial charge in [0, 0.05) is 17.7 Å². The second kappa shape index (κ2) is 5.10. The molecule has 3 N–H and O–H groups in total. The first-order valence-corrected chi connectivity index (χ1v) is 7.50. The van der Waals surface area contributed by atoms with Crippen LogP contribution in [0.25, 0.3) is 0 Å². The van der Waals surface area contributed by atoms with Crippen molar-refractivity contribution in [3.8, 4) is 5.75 Å². The fourth-order valence-electron chi connectivity index (χ4n) is 3.39. The molecule has 2 heterocycles. The van der Waals surface area contributed by atoms with Crippen LogP contribution >= 0.6 is 0 Å². The number of benzene rings is 1. The molecule has 3 rings (SSSR count). The quantitative estimate of drug-likeness (QED) is 0.491. The molecule has 0 bridgehead atoms. The van der Waals surface area contributed by atoms with Gasteiger partial charge < -0.3 is 15.6 Å². The summed E-state index contributed by atoms with van der Waals surface area (Å²) < 4.78 is 5.86. The molecule has 0 aliphatic carbocycles. The van der Waals surface area contributed by atoms with Gasteiger partial charge in [-0.05, 0) is 39.8 Å². The van der Waals surface area contributed by atoms with Gasteiger partial charge in [-0.15, -0.1) is 0 Å². The Morgan fingerprint density at radius 3 is 2.64 bits per heavy atom. The lowest BCUT2D eigenvalue weighted by molar-refractivity contribution is -0.384. The van der Waals surface area contributed by atoms with Crippen LogP contribution in [-0.4, -0.2) is 39.7 Å². The zero-order valence-electron chi connectivity index (χ0n) is 12.8. The third-order valence-corrected chi connectivity index (χ3v) is 4.59. The van der Waals surface area contributed by atoms with Crippen LogP contribution in [0.4, 0.5) is 11.4 Å². The molecule has 0 saturated carbocycles. The van der Waals surface area contributed by atoms with E-state index in [4.69, 9.17) is 10.5 Å². The van der Waals surface area contributed by atoms with Crippen molar-refractivity contribution in [3.63, 3.8) is 0 Å². The maximum absolute atomic E-state index is 11.2. The van der Waals surface area contributed by atoms with Gasteiger partial charge in [0.1, 0.15) is 23.1 Å². The standard InChI is InChI=1S/C15H21N3O4/c1-15(2)14(19)13(17-5-3-4-6-17)9-7-11(18(20)21)10(16)8-12(9)22-15/h7-8,13-14,19H,3-6,16H2,1-2H3. The molecule has 22 heavy (non-hydrogen) atoms. The molecule has 2 aliphatic heterocycles. The maximum Gasteiger partial charge on any atom is 0.292 e. The topological polar surface area (TPSA) is 102 Å². The normalized spacial score (nSPS) is 27.2. The van der Waals surface area contributed by atoms with Gasteiger partial charge in [0.2, 0.25) is 0 Å². The first kappa shape index (κ1) is 15.1. The van der Waals surface area contributed by atoms with Crippen molar-refractivity contribution in [3.05, 3.63) is 27.8 Å². The predicted molar refractivity (Wildman–Crippen MR) is 81.8 cm³/mol. The molecule has 2 unspecified atom stereocenters. The van der Waals surface area contributed by atoms with Gasteiger partial charge in [-0.1, -0.05) is 0 Å². The number of aliphatic hydroxyl groups is 1. The number of aliphatic hydroxyl groups excluding tert-OH is 1. The van der Waals surface area contributed by atoms with Gasteiger partial charge in [0.05, 0.1) is 11.0 Å². The Kier molecular flexibility index (Phi) is 3.49. The number of nitrogen functional groups attached to an aromatic ring is 1. The van der Waals surface area contributed by atoms with Crippen LogP contribution in [0.1, 0.15) is 38.3 Å². The highest BCUT2D eigenvalue weighted by atomic mass is 16.6. The van der Waals surface area contributed by atoms with Crippen LogP contribution in [0, 0.1) is 10.1 Å². The maximum atomic E-state index is 11.2. The van der Waals surface area contributed by atoms with Crippen molar-refractivity contribution in [1.29, 1.82) is 0 Å². The molecular formula is C15H21N3O4. The molecule has 2 aliphatic rings. The fourth-order valence-corrected chi connectivity index (χ4v) is 3.39. The van der Waals surface area contributed by atoms with Crippen molar-refractivity contribution >= 4 is 11.4 Å². The Hall–Kier alpha value is -1.86. The summed E-state index contributed by atoms with van der Waals surface area (Å²) in [5.74, 6) is 0.523. The molecule has 1 aromatic rings. The number of nitrogens with two attached hydrogens (primary N) is 1. The average Bonchev–Trinajstić information content (AvgIpc) is 2.93. The number of nitro benzene ring substituents is 1. The highest BCUT2D eigenvalue weighted by molar-refractivity contribution is 5.65. The number of fused-ring (bicyclic) bond motifs is 1. The van der Waals surface area contributed by atoms with Crippen LogP contribution in [0.3, 0.4) is 0 Å². The average molecular weight is 307 g/mol. The van der Waals surface area contributed by atoms with E-state index < -0.39 is 16.6 Å². The summed E-state index contributed by atoms with van der Waals surface area (Å²) in [4.78, 5) is 12.8. The lowest BCUT2D eigenvalue weighted by atomic mass is 9.85. The molecule has 1 fully saturated rings. The van der Waals surface area contributed by atoms with E-state index in [0.29, 0.717) is 11.3 Å². The zero-order chi connectivity index (χ0) is 16.1. The molecule has 1 aromatic carbocycles. The van der Waals surface area contributed by atoms with Gasteiger partial charge in [-0.2, -0.15) is 0 Å². The van der Waals surface area contributed by atoms with E-state index in [9.17, 15) is 15.2 Å². The molecular weight excluding hydrogens is 286 g/mol. The van der Waals surface area contributed by atoms with Crippen molar-refractivity contribution in [1.82, 2.24) is 4.90 Å². The summed E-state index contributed by atoms with van der Waals surface area (Å²) in [7, 11) is 0. The minimum Gasteiger partial charge on any atom is -0.485 e. The van der Waals surface area contributed by atoms with Crippen LogP contribution in [0.5, 0.6) is 5.75 Å². The SMILES string of the molecule is CC1(C)Oc2cc(N)c([N+](=O)[O-])cc2C(N2CCCC2)C1O. The molecule has 0 radical (unpaired) electrons. The minimum atomic E-state index is -0.775. The van der Waals surface area contributed by atoms with Crippen LogP contribution in [0.2, 0.25) is 0 Å². The van der Waals surface area contributed by atoms with E-state index in [1.54, 1.807) is 0 Å². The Morgan fingerprint density at radius 2 is 2.05 bits per heavy atom. The third-order valence-electron chi connectivity index (χ3n) is 4.59. The summed E-state index contributed by atoms with van der Waals surface area (Å²) in [6, 6.07) is 2.65. The Labute approximate surface area is 128 Å². The second-order valence-electron chi connectivity index (χ2n) is 6.54. The molecule has 2 atom stereocenters. The van der Waals surface area contributed by atoms with Crippen LogP contribution in [-0.2, 0) is 0 Å². The summed E-state index contributed by atoms with van der Waals surface area (Å²) in [5, 5.41) is 21.9. The summed E-state index contributed by atoms with van der Waals surface area (Å²) in [6.45, 7) is 5.38. The number of likely N-dealkylation sites (tertiary alicyclic amines) is 1. The molecule has 7 heteroatoms. The smallest absolute Gasteiger partial charge is 0.292 e. The number of anilines is 1. The summed E-state index contributed by atoms with van der Waals surface area (Å²) in [6.07, 6.45) is 1.37. The zero-order valence-corrected chi connectivity index (χ0v) is 12.8. The summed E-state index contributed by atoms with van der Waals surface area (Å²) in [5.41, 5.74) is 5.58. The molecule has 120 valence electrons. The number of ether oxygens (including phenoxy) is 1. The van der Waals surface area contributed by atoms with Crippen LogP contribution in [0.15, 0.2) is 12.1 Å². The minimum absolute atomic E-state index is 0.0797. The lowest BCUT2D eigenvalue weighted by Crippen LogP contribution is -2.53. The van der Waals surface area contributed by atoms with Gasteiger partial charge in [0.15, 0.2) is 0 Å².